The Morgan fingerprint density at radius 2 is 1.80 bits per heavy atom. The maximum Gasteiger partial charge on any atom is 0.418 e. The summed E-state index contributed by atoms with van der Waals surface area (Å²) in [5.74, 6) is -1.73. The minimum Gasteiger partial charge on any atom is -0.478 e. The van der Waals surface area contributed by atoms with Gasteiger partial charge in [0.05, 0.1) is 16.1 Å². The van der Waals surface area contributed by atoms with Gasteiger partial charge in [-0.2, -0.15) is 13.2 Å². The van der Waals surface area contributed by atoms with E-state index in [2.05, 4.69) is 0 Å². The zero-order valence-corrected chi connectivity index (χ0v) is 8.41. The van der Waals surface area contributed by atoms with Crippen molar-refractivity contribution < 1.29 is 23.1 Å². The van der Waals surface area contributed by atoms with Crippen molar-refractivity contribution in [2.24, 2.45) is 0 Å². The average molecular weight is 259 g/mol. The van der Waals surface area contributed by atoms with Gasteiger partial charge in [0.25, 0.3) is 0 Å². The molecule has 2 nitrogen and oxygen atoms in total. The number of carboxylic acids is 1. The zero-order valence-electron chi connectivity index (χ0n) is 6.90. The molecule has 1 N–H and O–H groups in total. The van der Waals surface area contributed by atoms with Crippen LogP contribution in [-0.2, 0) is 6.18 Å². The fourth-order valence-corrected chi connectivity index (χ4v) is 1.63. The monoisotopic (exact) mass is 258 g/mol. The van der Waals surface area contributed by atoms with Crippen molar-refractivity contribution in [3.63, 3.8) is 0 Å². The molecule has 1 aromatic rings. The van der Waals surface area contributed by atoms with Gasteiger partial charge < -0.3 is 5.11 Å². The highest BCUT2D eigenvalue weighted by atomic mass is 35.5. The quantitative estimate of drug-likeness (QED) is 0.834. The Kier molecular flexibility index (Phi) is 3.16. The van der Waals surface area contributed by atoms with Gasteiger partial charge in [-0.15, -0.1) is 0 Å². The Hall–Kier alpha value is -0.940. The molecule has 7 heteroatoms. The lowest BCUT2D eigenvalue weighted by atomic mass is 10.1. The van der Waals surface area contributed by atoms with Gasteiger partial charge in [0, 0.05) is 5.02 Å². The third-order valence-corrected chi connectivity index (χ3v) is 2.09. The predicted octanol–water partition coefficient (Wildman–Crippen LogP) is 3.71. The van der Waals surface area contributed by atoms with Crippen molar-refractivity contribution >= 4 is 29.2 Å². The molecule has 0 aromatic heterocycles. The molecule has 0 heterocycles. The van der Waals surface area contributed by atoms with E-state index < -0.39 is 28.3 Å². The summed E-state index contributed by atoms with van der Waals surface area (Å²) in [5.41, 5.74) is -2.35. The molecular formula is C8H3Cl2F3O2. The standard InChI is InChI=1S/C8H3Cl2F3O2/c9-3-1-4(7(14)15)6(5(10)2-3)8(11,12)13/h1-2H,(H,14,15). The van der Waals surface area contributed by atoms with Crippen LogP contribution >= 0.6 is 23.2 Å². The first-order chi connectivity index (χ1) is 6.73. The van der Waals surface area contributed by atoms with Crippen LogP contribution in [-0.4, -0.2) is 11.1 Å². The molecule has 1 aromatic carbocycles. The summed E-state index contributed by atoms with van der Waals surface area (Å²) in [7, 11) is 0. The Bertz CT molecular complexity index is 415. The Balaban J connectivity index is 3.55. The van der Waals surface area contributed by atoms with Crippen molar-refractivity contribution in [3.8, 4) is 0 Å². The number of carboxylic acid groups (broad SMARTS) is 1. The molecule has 15 heavy (non-hydrogen) atoms. The second kappa shape index (κ2) is 3.90. The summed E-state index contributed by atoms with van der Waals surface area (Å²) in [5, 5.41) is 7.67. The highest BCUT2D eigenvalue weighted by molar-refractivity contribution is 6.35. The van der Waals surface area contributed by atoms with E-state index in [-0.39, 0.29) is 5.02 Å². The van der Waals surface area contributed by atoms with E-state index in [1.165, 1.54) is 0 Å². The van der Waals surface area contributed by atoms with E-state index in [9.17, 15) is 18.0 Å². The molecule has 0 aliphatic carbocycles. The van der Waals surface area contributed by atoms with Crippen LogP contribution in [0, 0.1) is 0 Å². The lowest BCUT2D eigenvalue weighted by molar-refractivity contribution is -0.138. The van der Waals surface area contributed by atoms with Crippen molar-refractivity contribution in [1.82, 2.24) is 0 Å². The lowest BCUT2D eigenvalue weighted by Crippen LogP contribution is -2.13. The zero-order chi connectivity index (χ0) is 11.8. The number of rotatable bonds is 1. The van der Waals surface area contributed by atoms with Gasteiger partial charge in [-0.3, -0.25) is 0 Å². The molecule has 0 aliphatic rings. The highest BCUT2D eigenvalue weighted by Gasteiger charge is 2.38. The van der Waals surface area contributed by atoms with Crippen LogP contribution < -0.4 is 0 Å². The molecule has 0 saturated carbocycles. The molecule has 82 valence electrons. The Morgan fingerprint density at radius 3 is 2.20 bits per heavy atom. The number of hydrogen-bond donors (Lipinski definition) is 1. The number of carbonyl (C=O) groups is 1. The van der Waals surface area contributed by atoms with E-state index in [4.69, 9.17) is 28.3 Å². The van der Waals surface area contributed by atoms with Crippen LogP contribution in [0.3, 0.4) is 0 Å². The second-order valence-electron chi connectivity index (χ2n) is 2.61. The molecule has 0 saturated heterocycles. The number of alkyl halides is 3. The highest BCUT2D eigenvalue weighted by Crippen LogP contribution is 2.38. The summed E-state index contributed by atoms with van der Waals surface area (Å²) in [4.78, 5) is 10.6. The maximum absolute atomic E-state index is 12.4. The fraction of sp³-hybridized carbons (Fsp3) is 0.125. The van der Waals surface area contributed by atoms with Crippen LogP contribution in [0.4, 0.5) is 13.2 Å². The van der Waals surface area contributed by atoms with E-state index in [1.54, 1.807) is 0 Å². The van der Waals surface area contributed by atoms with E-state index >= 15 is 0 Å². The third-order valence-electron chi connectivity index (χ3n) is 1.57. The SMILES string of the molecule is O=C(O)c1cc(Cl)cc(Cl)c1C(F)(F)F. The normalized spacial score (nSPS) is 11.5. The number of aromatic carboxylic acids is 1. The first-order valence-electron chi connectivity index (χ1n) is 3.53. The molecule has 0 unspecified atom stereocenters. The van der Waals surface area contributed by atoms with Gasteiger partial charge in [-0.1, -0.05) is 23.2 Å². The van der Waals surface area contributed by atoms with E-state index in [0.29, 0.717) is 6.07 Å². The van der Waals surface area contributed by atoms with E-state index in [0.717, 1.165) is 6.07 Å². The Morgan fingerprint density at radius 1 is 1.27 bits per heavy atom. The van der Waals surface area contributed by atoms with Crippen molar-refractivity contribution in [3.05, 3.63) is 33.3 Å². The molecule has 0 atom stereocenters. The van der Waals surface area contributed by atoms with Crippen LogP contribution in [0.5, 0.6) is 0 Å². The van der Waals surface area contributed by atoms with Gasteiger partial charge in [0.15, 0.2) is 0 Å². The van der Waals surface area contributed by atoms with Crippen LogP contribution in [0.25, 0.3) is 0 Å². The molecule has 0 aliphatic heterocycles. The summed E-state index contributed by atoms with van der Waals surface area (Å²) in [6.07, 6.45) is -4.82. The number of benzene rings is 1. The molecule has 0 spiro atoms. The van der Waals surface area contributed by atoms with E-state index in [1.807, 2.05) is 0 Å². The molecule has 0 bridgehead atoms. The molecular weight excluding hydrogens is 256 g/mol. The first kappa shape index (κ1) is 12.1. The minimum atomic E-state index is -4.82. The van der Waals surface area contributed by atoms with Crippen LogP contribution in [0.2, 0.25) is 10.0 Å². The van der Waals surface area contributed by atoms with Crippen molar-refractivity contribution in [2.75, 3.05) is 0 Å². The van der Waals surface area contributed by atoms with Gasteiger partial charge >= 0.3 is 12.1 Å². The van der Waals surface area contributed by atoms with Gasteiger partial charge in [0.2, 0.25) is 0 Å². The van der Waals surface area contributed by atoms with Crippen LogP contribution in [0.1, 0.15) is 15.9 Å². The molecule has 0 amide bonds. The topological polar surface area (TPSA) is 37.3 Å². The minimum absolute atomic E-state index is 0.162. The summed E-state index contributed by atoms with van der Waals surface area (Å²) < 4.78 is 37.2. The number of halogens is 5. The van der Waals surface area contributed by atoms with Gasteiger partial charge in [-0.25, -0.2) is 4.79 Å². The first-order valence-corrected chi connectivity index (χ1v) is 4.28. The summed E-state index contributed by atoms with van der Waals surface area (Å²) in [6, 6.07) is 1.55. The molecule has 0 radical (unpaired) electrons. The van der Waals surface area contributed by atoms with Gasteiger partial charge in [0.1, 0.15) is 0 Å². The smallest absolute Gasteiger partial charge is 0.418 e. The van der Waals surface area contributed by atoms with Crippen LogP contribution in [0.15, 0.2) is 12.1 Å². The maximum atomic E-state index is 12.4. The lowest BCUT2D eigenvalue weighted by Gasteiger charge is -2.12. The molecule has 1 rings (SSSR count). The summed E-state index contributed by atoms with van der Waals surface area (Å²) >= 11 is 10.7. The third kappa shape index (κ3) is 2.54. The molecule has 0 fully saturated rings. The predicted molar refractivity (Wildman–Crippen MR) is 48.4 cm³/mol. The fourth-order valence-electron chi connectivity index (χ4n) is 1.03. The number of hydrogen-bond acceptors (Lipinski definition) is 1. The summed E-state index contributed by atoms with van der Waals surface area (Å²) in [6.45, 7) is 0. The second-order valence-corrected chi connectivity index (χ2v) is 3.46. The largest absolute Gasteiger partial charge is 0.478 e. The average Bonchev–Trinajstić information content (AvgIpc) is 1.99. The van der Waals surface area contributed by atoms with Crippen molar-refractivity contribution in [2.45, 2.75) is 6.18 Å². The van der Waals surface area contributed by atoms with Crippen molar-refractivity contribution in [1.29, 1.82) is 0 Å². The Labute approximate surface area is 92.2 Å². The van der Waals surface area contributed by atoms with Gasteiger partial charge in [-0.05, 0) is 12.1 Å².